The van der Waals surface area contributed by atoms with Crippen LogP contribution in [0.2, 0.25) is 0 Å². The molecule has 0 saturated carbocycles. The number of furan rings is 1. The van der Waals surface area contributed by atoms with Crippen LogP contribution in [0.25, 0.3) is 0 Å². The van der Waals surface area contributed by atoms with E-state index in [4.69, 9.17) is 4.42 Å². The second-order valence-electron chi connectivity index (χ2n) is 5.94. The number of methoxy groups -OCH3 is 1. The number of rotatable bonds is 7. The molecule has 2 rings (SSSR count). The Bertz CT molecular complexity index is 452. The van der Waals surface area contributed by atoms with Crippen LogP contribution >= 0.6 is 0 Å². The number of esters is 1. The lowest BCUT2D eigenvalue weighted by atomic mass is 10.1. The molecular formula is C16H26N2O3. The van der Waals surface area contributed by atoms with E-state index in [2.05, 4.69) is 21.9 Å². The number of nitrogens with one attached hydrogen (secondary N) is 1. The minimum absolute atomic E-state index is 0.0874. The second-order valence-corrected chi connectivity index (χ2v) is 5.94. The molecule has 5 nitrogen and oxygen atoms in total. The molecule has 5 heteroatoms. The van der Waals surface area contributed by atoms with Crippen molar-refractivity contribution in [3.05, 3.63) is 23.7 Å². The second kappa shape index (κ2) is 7.61. The molecule has 0 aromatic carbocycles. The molecule has 1 N–H and O–H groups in total. The molecule has 118 valence electrons. The number of likely N-dealkylation sites (tertiary alicyclic amines) is 1. The first-order valence-electron chi connectivity index (χ1n) is 7.74. The van der Waals surface area contributed by atoms with Crippen LogP contribution in [-0.4, -0.2) is 44.2 Å². The summed E-state index contributed by atoms with van der Waals surface area (Å²) in [4.78, 5) is 13.9. The highest BCUT2D eigenvalue weighted by Gasteiger charge is 2.17. The van der Waals surface area contributed by atoms with Gasteiger partial charge in [0, 0.05) is 6.54 Å². The van der Waals surface area contributed by atoms with Crippen LogP contribution in [0.4, 0.5) is 0 Å². The van der Waals surface area contributed by atoms with E-state index in [1.807, 2.05) is 13.0 Å². The van der Waals surface area contributed by atoms with Gasteiger partial charge in [-0.25, -0.2) is 4.79 Å². The molecule has 1 saturated heterocycles. The summed E-state index contributed by atoms with van der Waals surface area (Å²) >= 11 is 0. The van der Waals surface area contributed by atoms with E-state index in [1.54, 1.807) is 6.07 Å². The summed E-state index contributed by atoms with van der Waals surface area (Å²) in [6, 6.07) is 3.58. The van der Waals surface area contributed by atoms with Gasteiger partial charge < -0.3 is 19.4 Å². The monoisotopic (exact) mass is 294 g/mol. The minimum Gasteiger partial charge on any atom is -0.463 e. The molecule has 1 aromatic rings. The third-order valence-corrected chi connectivity index (χ3v) is 3.98. The topological polar surface area (TPSA) is 54.7 Å². The predicted octanol–water partition coefficient (Wildman–Crippen LogP) is 2.45. The molecule has 0 radical (unpaired) electrons. The molecule has 1 aliphatic rings. The number of ether oxygens (including phenoxy) is 1. The number of nitrogens with zero attached hydrogens (tertiary/aromatic N) is 1. The van der Waals surface area contributed by atoms with E-state index in [9.17, 15) is 4.79 Å². The van der Waals surface area contributed by atoms with Gasteiger partial charge in [0.15, 0.2) is 0 Å². The molecule has 0 spiro atoms. The number of carbonyl (C=O) groups excluding carboxylic acids is 1. The largest absolute Gasteiger partial charge is 0.463 e. The first kappa shape index (κ1) is 16.0. The van der Waals surface area contributed by atoms with Crippen LogP contribution < -0.4 is 5.32 Å². The van der Waals surface area contributed by atoms with E-state index in [0.29, 0.717) is 5.92 Å². The Morgan fingerprint density at radius 2 is 2.10 bits per heavy atom. The quantitative estimate of drug-likeness (QED) is 0.783. The molecule has 1 aliphatic heterocycles. The molecule has 21 heavy (non-hydrogen) atoms. The van der Waals surface area contributed by atoms with Crippen LogP contribution in [0.5, 0.6) is 0 Å². The number of carbonyl (C=O) groups is 1. The Labute approximate surface area is 126 Å². The van der Waals surface area contributed by atoms with E-state index in [1.165, 1.54) is 33.0 Å². The average Bonchev–Trinajstić information content (AvgIpc) is 3.15. The smallest absolute Gasteiger partial charge is 0.373 e. The fourth-order valence-electron chi connectivity index (χ4n) is 2.74. The standard InChI is InChI=1S/C16H26N2O3/c1-12(11-18-8-4-5-9-18)10-17-13(2)14-6-7-15(21-14)16(19)20-3/h6-7,12-13,17H,4-5,8-11H2,1-3H3. The predicted molar refractivity (Wildman–Crippen MR) is 81.3 cm³/mol. The summed E-state index contributed by atoms with van der Waals surface area (Å²) in [6.07, 6.45) is 2.67. The van der Waals surface area contributed by atoms with Gasteiger partial charge in [-0.3, -0.25) is 0 Å². The zero-order valence-corrected chi connectivity index (χ0v) is 13.2. The Morgan fingerprint density at radius 1 is 1.38 bits per heavy atom. The number of hydrogen-bond donors (Lipinski definition) is 1. The molecule has 2 unspecified atom stereocenters. The molecule has 0 amide bonds. The Kier molecular flexibility index (Phi) is 5.82. The third-order valence-electron chi connectivity index (χ3n) is 3.98. The molecule has 2 heterocycles. The summed E-state index contributed by atoms with van der Waals surface area (Å²) in [5.74, 6) is 1.19. The van der Waals surface area contributed by atoms with Crippen molar-refractivity contribution < 1.29 is 13.9 Å². The fraction of sp³-hybridized carbons (Fsp3) is 0.688. The van der Waals surface area contributed by atoms with Crippen LogP contribution in [0, 0.1) is 5.92 Å². The molecule has 1 fully saturated rings. The Hall–Kier alpha value is -1.33. The van der Waals surface area contributed by atoms with Crippen molar-refractivity contribution in [2.24, 2.45) is 5.92 Å². The van der Waals surface area contributed by atoms with E-state index in [0.717, 1.165) is 18.8 Å². The average molecular weight is 294 g/mol. The summed E-state index contributed by atoms with van der Waals surface area (Å²) in [7, 11) is 1.35. The van der Waals surface area contributed by atoms with Gasteiger partial charge in [-0.15, -0.1) is 0 Å². The molecule has 0 aliphatic carbocycles. The van der Waals surface area contributed by atoms with Gasteiger partial charge in [0.2, 0.25) is 5.76 Å². The Morgan fingerprint density at radius 3 is 2.76 bits per heavy atom. The maximum Gasteiger partial charge on any atom is 0.373 e. The van der Waals surface area contributed by atoms with E-state index >= 15 is 0 Å². The minimum atomic E-state index is -0.434. The van der Waals surface area contributed by atoms with Crippen molar-refractivity contribution in [3.8, 4) is 0 Å². The van der Waals surface area contributed by atoms with E-state index in [-0.39, 0.29) is 11.8 Å². The maximum absolute atomic E-state index is 11.4. The van der Waals surface area contributed by atoms with Crippen LogP contribution in [0.15, 0.2) is 16.5 Å². The van der Waals surface area contributed by atoms with Crippen molar-refractivity contribution in [1.29, 1.82) is 0 Å². The SMILES string of the molecule is COC(=O)c1ccc(C(C)NCC(C)CN2CCCC2)o1. The van der Waals surface area contributed by atoms with Crippen molar-refractivity contribution in [1.82, 2.24) is 10.2 Å². The van der Waals surface area contributed by atoms with Crippen LogP contribution in [0.3, 0.4) is 0 Å². The fourth-order valence-corrected chi connectivity index (χ4v) is 2.74. The molecule has 2 atom stereocenters. The maximum atomic E-state index is 11.4. The lowest BCUT2D eigenvalue weighted by Crippen LogP contribution is -2.32. The number of hydrogen-bond acceptors (Lipinski definition) is 5. The molecule has 1 aromatic heterocycles. The lowest BCUT2D eigenvalue weighted by Gasteiger charge is -2.22. The highest BCUT2D eigenvalue weighted by Crippen LogP contribution is 2.17. The highest BCUT2D eigenvalue weighted by molar-refractivity contribution is 5.86. The normalized spacial score (nSPS) is 18.6. The first-order valence-corrected chi connectivity index (χ1v) is 7.74. The highest BCUT2D eigenvalue weighted by atomic mass is 16.5. The van der Waals surface area contributed by atoms with Gasteiger partial charge in [0.25, 0.3) is 0 Å². The summed E-state index contributed by atoms with van der Waals surface area (Å²) < 4.78 is 10.2. The summed E-state index contributed by atoms with van der Waals surface area (Å²) in [6.45, 7) is 8.86. The third kappa shape index (κ3) is 4.58. The van der Waals surface area contributed by atoms with Crippen LogP contribution in [0.1, 0.15) is 49.0 Å². The Balaban J connectivity index is 1.76. The summed E-state index contributed by atoms with van der Waals surface area (Å²) in [5.41, 5.74) is 0. The molecular weight excluding hydrogens is 268 g/mol. The van der Waals surface area contributed by atoms with Crippen molar-refractivity contribution in [2.45, 2.75) is 32.7 Å². The summed E-state index contributed by atoms with van der Waals surface area (Å²) in [5, 5.41) is 3.47. The zero-order valence-electron chi connectivity index (χ0n) is 13.2. The lowest BCUT2D eigenvalue weighted by molar-refractivity contribution is 0.0562. The van der Waals surface area contributed by atoms with Crippen molar-refractivity contribution >= 4 is 5.97 Å². The van der Waals surface area contributed by atoms with Crippen molar-refractivity contribution in [3.63, 3.8) is 0 Å². The first-order chi connectivity index (χ1) is 10.1. The van der Waals surface area contributed by atoms with E-state index < -0.39 is 5.97 Å². The van der Waals surface area contributed by atoms with Crippen LogP contribution in [-0.2, 0) is 4.74 Å². The van der Waals surface area contributed by atoms with Crippen molar-refractivity contribution in [2.75, 3.05) is 33.3 Å². The van der Waals surface area contributed by atoms with Gasteiger partial charge >= 0.3 is 5.97 Å². The van der Waals surface area contributed by atoms with Gasteiger partial charge in [-0.05, 0) is 57.5 Å². The van der Waals surface area contributed by atoms with Gasteiger partial charge in [-0.2, -0.15) is 0 Å². The van der Waals surface area contributed by atoms with Gasteiger partial charge in [-0.1, -0.05) is 6.92 Å². The van der Waals surface area contributed by atoms with Gasteiger partial charge in [0.05, 0.1) is 13.2 Å². The zero-order chi connectivity index (χ0) is 15.2. The molecule has 0 bridgehead atoms. The van der Waals surface area contributed by atoms with Gasteiger partial charge in [0.1, 0.15) is 5.76 Å².